The van der Waals surface area contributed by atoms with Crippen molar-refractivity contribution in [3.8, 4) is 0 Å². The number of hydrogen-bond acceptors (Lipinski definition) is 4. The summed E-state index contributed by atoms with van der Waals surface area (Å²) in [6.45, 7) is 3.75. The van der Waals surface area contributed by atoms with Gasteiger partial charge >= 0.3 is 6.09 Å². The summed E-state index contributed by atoms with van der Waals surface area (Å²) in [4.78, 5) is 15.3. The summed E-state index contributed by atoms with van der Waals surface area (Å²) in [5, 5.41) is 2.48. The Kier molecular flexibility index (Phi) is 4.54. The Hall–Kier alpha value is -1.30. The van der Waals surface area contributed by atoms with Crippen molar-refractivity contribution in [1.82, 2.24) is 4.98 Å². The number of halogens is 1. The molecular weight excluding hydrogens is 274 g/mol. The average molecular weight is 288 g/mol. The Labute approximate surface area is 103 Å². The fraction of sp³-hybridized carbons (Fsp3) is 0.400. The first-order chi connectivity index (χ1) is 7.52. The number of rotatable bonds is 3. The first-order valence-electron chi connectivity index (χ1n) is 4.91. The fourth-order valence-electron chi connectivity index (χ4n) is 0.952. The number of nitrogens with zero attached hydrogens (tertiary/aromatic N) is 1. The zero-order chi connectivity index (χ0) is 12.1. The molecule has 1 unspecified atom stereocenters. The van der Waals surface area contributed by atoms with Gasteiger partial charge in [-0.05, 0) is 35.3 Å². The van der Waals surface area contributed by atoms with Crippen molar-refractivity contribution in [2.45, 2.75) is 26.4 Å². The summed E-state index contributed by atoms with van der Waals surface area (Å²) in [6, 6.07) is 1.66. The number of nitrogens with one attached hydrogen (secondary N) is 1. The normalized spacial score (nSPS) is 11.9. The third-order valence-electron chi connectivity index (χ3n) is 1.99. The fourth-order valence-corrected chi connectivity index (χ4v) is 1.30. The van der Waals surface area contributed by atoms with Gasteiger partial charge in [0.1, 0.15) is 6.10 Å². The molecule has 16 heavy (non-hydrogen) atoms. The summed E-state index contributed by atoms with van der Waals surface area (Å²) in [5.74, 6) is 0.302. The molecule has 1 heterocycles. The number of hydrogen-bond donors (Lipinski definition) is 2. The van der Waals surface area contributed by atoms with E-state index in [2.05, 4.69) is 26.2 Å². The van der Waals surface area contributed by atoms with Crippen LogP contribution in [-0.2, 0) is 4.74 Å². The van der Waals surface area contributed by atoms with E-state index >= 15 is 0 Å². The minimum atomic E-state index is -0.545. The molecule has 6 heteroatoms. The van der Waals surface area contributed by atoms with Crippen LogP contribution in [0.5, 0.6) is 0 Å². The van der Waals surface area contributed by atoms with Crippen LogP contribution in [0.25, 0.3) is 0 Å². The second-order valence-corrected chi connectivity index (χ2v) is 4.26. The van der Waals surface area contributed by atoms with Gasteiger partial charge in [0.15, 0.2) is 5.82 Å². The van der Waals surface area contributed by atoms with E-state index in [9.17, 15) is 4.79 Å². The lowest BCUT2D eigenvalue weighted by molar-refractivity contribution is 0.118. The predicted octanol–water partition coefficient (Wildman–Crippen LogP) is 2.77. The molecule has 0 aromatic carbocycles. The van der Waals surface area contributed by atoms with Crippen LogP contribution < -0.4 is 11.1 Å². The molecule has 0 spiro atoms. The lowest BCUT2D eigenvalue weighted by Crippen LogP contribution is -2.20. The predicted molar refractivity (Wildman–Crippen MR) is 66.2 cm³/mol. The zero-order valence-electron chi connectivity index (χ0n) is 9.16. The number of nitrogens with two attached hydrogens (primary N) is 1. The van der Waals surface area contributed by atoms with E-state index < -0.39 is 6.09 Å². The van der Waals surface area contributed by atoms with Gasteiger partial charge in [-0.25, -0.2) is 9.78 Å². The maximum Gasteiger partial charge on any atom is 0.413 e. The van der Waals surface area contributed by atoms with Crippen LogP contribution in [0.15, 0.2) is 16.7 Å². The molecule has 0 aliphatic rings. The van der Waals surface area contributed by atoms with Crippen LogP contribution >= 0.6 is 15.9 Å². The number of aromatic nitrogens is 1. The van der Waals surface area contributed by atoms with Crippen molar-refractivity contribution in [2.24, 2.45) is 0 Å². The van der Waals surface area contributed by atoms with Crippen molar-refractivity contribution in [3.63, 3.8) is 0 Å². The van der Waals surface area contributed by atoms with Crippen LogP contribution in [0.3, 0.4) is 0 Å². The van der Waals surface area contributed by atoms with Crippen molar-refractivity contribution >= 4 is 33.5 Å². The SMILES string of the molecule is CCC(C)OC(=O)Nc1ncc(Br)cc1N. The monoisotopic (exact) mass is 287 g/mol. The van der Waals surface area contributed by atoms with Crippen LogP contribution in [0.4, 0.5) is 16.3 Å². The lowest BCUT2D eigenvalue weighted by atomic mass is 10.3. The van der Waals surface area contributed by atoms with Gasteiger partial charge in [0, 0.05) is 10.7 Å². The molecule has 1 rings (SSSR count). The van der Waals surface area contributed by atoms with Crippen molar-refractivity contribution in [1.29, 1.82) is 0 Å². The highest BCUT2D eigenvalue weighted by Crippen LogP contribution is 2.19. The second kappa shape index (κ2) is 5.69. The third-order valence-corrected chi connectivity index (χ3v) is 2.42. The molecule has 0 saturated heterocycles. The molecule has 0 saturated carbocycles. The van der Waals surface area contributed by atoms with Gasteiger partial charge in [-0.3, -0.25) is 5.32 Å². The Morgan fingerprint density at radius 1 is 1.75 bits per heavy atom. The maximum absolute atomic E-state index is 11.4. The molecule has 5 nitrogen and oxygen atoms in total. The molecule has 1 aromatic rings. The van der Waals surface area contributed by atoms with Gasteiger partial charge < -0.3 is 10.5 Å². The van der Waals surface area contributed by atoms with E-state index in [-0.39, 0.29) is 6.10 Å². The van der Waals surface area contributed by atoms with Crippen LogP contribution in [0.1, 0.15) is 20.3 Å². The first kappa shape index (κ1) is 12.8. The van der Waals surface area contributed by atoms with E-state index in [4.69, 9.17) is 10.5 Å². The largest absolute Gasteiger partial charge is 0.446 e. The highest BCUT2D eigenvalue weighted by molar-refractivity contribution is 9.10. The molecule has 3 N–H and O–H groups in total. The minimum absolute atomic E-state index is 0.128. The standard InChI is InChI=1S/C10H14BrN3O2/c1-3-6(2)16-10(15)14-9-8(12)4-7(11)5-13-9/h4-6H,3,12H2,1-2H3,(H,13,14,15). The van der Waals surface area contributed by atoms with E-state index in [1.54, 1.807) is 12.3 Å². The topological polar surface area (TPSA) is 77.2 Å². The van der Waals surface area contributed by atoms with Gasteiger partial charge in [-0.1, -0.05) is 6.92 Å². The molecule has 0 radical (unpaired) electrons. The highest BCUT2D eigenvalue weighted by atomic mass is 79.9. The highest BCUT2D eigenvalue weighted by Gasteiger charge is 2.10. The number of amides is 1. The van der Waals surface area contributed by atoms with Crippen molar-refractivity contribution < 1.29 is 9.53 Å². The van der Waals surface area contributed by atoms with E-state index in [1.165, 1.54) is 0 Å². The smallest absolute Gasteiger partial charge is 0.413 e. The molecule has 1 amide bonds. The molecule has 0 aliphatic heterocycles. The number of pyridine rings is 1. The molecule has 0 fully saturated rings. The summed E-state index contributed by atoms with van der Waals surface area (Å²) in [6.07, 6.45) is 1.64. The van der Waals surface area contributed by atoms with E-state index in [0.29, 0.717) is 11.5 Å². The van der Waals surface area contributed by atoms with Crippen LogP contribution in [0.2, 0.25) is 0 Å². The molecule has 0 aliphatic carbocycles. The lowest BCUT2D eigenvalue weighted by Gasteiger charge is -2.12. The Morgan fingerprint density at radius 2 is 2.44 bits per heavy atom. The number of ether oxygens (including phenoxy) is 1. The summed E-state index contributed by atoms with van der Waals surface area (Å²) >= 11 is 3.23. The number of nitrogen functional groups attached to an aromatic ring is 1. The molecule has 88 valence electrons. The van der Waals surface area contributed by atoms with Gasteiger partial charge in [0.25, 0.3) is 0 Å². The molecule has 1 aromatic heterocycles. The summed E-state index contributed by atoms with van der Waals surface area (Å²) < 4.78 is 5.79. The summed E-state index contributed by atoms with van der Waals surface area (Å²) in [7, 11) is 0. The Bertz CT molecular complexity index is 384. The summed E-state index contributed by atoms with van der Waals surface area (Å²) in [5.41, 5.74) is 6.05. The second-order valence-electron chi connectivity index (χ2n) is 3.34. The molecular formula is C10H14BrN3O2. The zero-order valence-corrected chi connectivity index (χ0v) is 10.7. The van der Waals surface area contributed by atoms with Crippen molar-refractivity contribution in [3.05, 3.63) is 16.7 Å². The van der Waals surface area contributed by atoms with E-state index in [0.717, 1.165) is 10.9 Å². The third kappa shape index (κ3) is 3.69. The number of carbonyl (C=O) groups excluding carboxylic acids is 1. The number of carbonyl (C=O) groups is 1. The van der Waals surface area contributed by atoms with E-state index in [1.807, 2.05) is 13.8 Å². The average Bonchev–Trinajstić information content (AvgIpc) is 2.22. The molecule has 1 atom stereocenters. The quantitative estimate of drug-likeness (QED) is 0.896. The van der Waals surface area contributed by atoms with Gasteiger partial charge in [-0.2, -0.15) is 0 Å². The van der Waals surface area contributed by atoms with Crippen LogP contribution in [0, 0.1) is 0 Å². The van der Waals surface area contributed by atoms with Crippen molar-refractivity contribution in [2.75, 3.05) is 11.1 Å². The molecule has 0 bridgehead atoms. The minimum Gasteiger partial charge on any atom is -0.446 e. The Balaban J connectivity index is 2.63. The van der Waals surface area contributed by atoms with Gasteiger partial charge in [0.2, 0.25) is 0 Å². The number of anilines is 2. The van der Waals surface area contributed by atoms with Crippen LogP contribution in [-0.4, -0.2) is 17.2 Å². The maximum atomic E-state index is 11.4. The van der Waals surface area contributed by atoms with Gasteiger partial charge in [0.05, 0.1) is 5.69 Å². The first-order valence-corrected chi connectivity index (χ1v) is 5.71. The Morgan fingerprint density at radius 3 is 3.00 bits per heavy atom. The van der Waals surface area contributed by atoms with Gasteiger partial charge in [-0.15, -0.1) is 0 Å².